The fraction of sp³-hybridized carbons (Fsp3) is 0.350. The van der Waals surface area contributed by atoms with E-state index in [0.29, 0.717) is 5.56 Å². The molecule has 2 aromatic rings. The Morgan fingerprint density at radius 2 is 1.78 bits per heavy atom. The molecule has 1 unspecified atom stereocenters. The largest absolute Gasteiger partial charge is 0.497 e. The number of ether oxygens (including phenoxy) is 1. The molecule has 0 aromatic heterocycles. The maximum atomic E-state index is 12.8. The molecule has 4 nitrogen and oxygen atoms in total. The molecular formula is C20H23F3N2O2. The van der Waals surface area contributed by atoms with Gasteiger partial charge < -0.3 is 15.4 Å². The van der Waals surface area contributed by atoms with E-state index in [1.807, 2.05) is 38.1 Å². The van der Waals surface area contributed by atoms with Crippen LogP contribution in [0.1, 0.15) is 36.6 Å². The standard InChI is InChI=1S/C20H23F3N2O2/c1-13(2)18(15-7-9-17(27-3)10-8-15)25-19(26)24-12-14-5-4-6-16(11-14)20(21,22)23/h4-11,13,18H,12H2,1-3H3,(H2,24,25,26). The summed E-state index contributed by atoms with van der Waals surface area (Å²) in [6, 6.07) is 11.6. The average molecular weight is 380 g/mol. The lowest BCUT2D eigenvalue weighted by atomic mass is 9.96. The van der Waals surface area contributed by atoms with Gasteiger partial charge in [-0.25, -0.2) is 4.79 Å². The molecule has 7 heteroatoms. The number of hydrogen-bond acceptors (Lipinski definition) is 2. The Bertz CT molecular complexity index is 759. The molecule has 0 bridgehead atoms. The Hall–Kier alpha value is -2.70. The summed E-state index contributed by atoms with van der Waals surface area (Å²) >= 11 is 0. The van der Waals surface area contributed by atoms with Gasteiger partial charge in [-0.3, -0.25) is 0 Å². The highest BCUT2D eigenvalue weighted by molar-refractivity contribution is 5.74. The first-order chi connectivity index (χ1) is 12.7. The van der Waals surface area contributed by atoms with Crippen molar-refractivity contribution < 1.29 is 22.7 Å². The van der Waals surface area contributed by atoms with Crippen LogP contribution in [0, 0.1) is 5.92 Å². The van der Waals surface area contributed by atoms with Crippen LogP contribution in [0.15, 0.2) is 48.5 Å². The van der Waals surface area contributed by atoms with Crippen LogP contribution >= 0.6 is 0 Å². The number of urea groups is 1. The predicted molar refractivity (Wildman–Crippen MR) is 97.4 cm³/mol. The molecule has 0 radical (unpaired) electrons. The smallest absolute Gasteiger partial charge is 0.416 e. The number of carbonyl (C=O) groups excluding carboxylic acids is 1. The van der Waals surface area contributed by atoms with Crippen molar-refractivity contribution in [2.45, 2.75) is 32.6 Å². The average Bonchev–Trinajstić information content (AvgIpc) is 2.64. The van der Waals surface area contributed by atoms with E-state index in [2.05, 4.69) is 10.6 Å². The van der Waals surface area contributed by atoms with Crippen molar-refractivity contribution in [2.75, 3.05) is 7.11 Å². The summed E-state index contributed by atoms with van der Waals surface area (Å²) in [5.74, 6) is 0.841. The minimum Gasteiger partial charge on any atom is -0.497 e. The predicted octanol–water partition coefficient (Wildman–Crippen LogP) is 4.91. The summed E-state index contributed by atoms with van der Waals surface area (Å²) in [6.07, 6.45) is -4.41. The van der Waals surface area contributed by atoms with Gasteiger partial charge in [0.2, 0.25) is 0 Å². The van der Waals surface area contributed by atoms with E-state index < -0.39 is 17.8 Å². The van der Waals surface area contributed by atoms with Crippen LogP contribution in [-0.2, 0) is 12.7 Å². The fourth-order valence-electron chi connectivity index (χ4n) is 2.68. The van der Waals surface area contributed by atoms with Gasteiger partial charge in [-0.1, -0.05) is 38.1 Å². The lowest BCUT2D eigenvalue weighted by Crippen LogP contribution is -2.39. The topological polar surface area (TPSA) is 50.4 Å². The first kappa shape index (κ1) is 20.6. The molecule has 1 atom stereocenters. The Morgan fingerprint density at radius 1 is 1.11 bits per heavy atom. The number of rotatable bonds is 6. The highest BCUT2D eigenvalue weighted by Crippen LogP contribution is 2.29. The number of nitrogens with one attached hydrogen (secondary N) is 2. The van der Waals surface area contributed by atoms with E-state index in [4.69, 9.17) is 4.74 Å². The van der Waals surface area contributed by atoms with Crippen molar-refractivity contribution in [3.8, 4) is 5.75 Å². The monoisotopic (exact) mass is 380 g/mol. The third-order valence-corrected chi connectivity index (χ3v) is 4.14. The zero-order valence-electron chi connectivity index (χ0n) is 15.4. The van der Waals surface area contributed by atoms with E-state index in [0.717, 1.165) is 23.4 Å². The first-order valence-corrected chi connectivity index (χ1v) is 8.55. The zero-order valence-corrected chi connectivity index (χ0v) is 15.4. The minimum atomic E-state index is -4.41. The molecule has 0 spiro atoms. The van der Waals surface area contributed by atoms with Crippen LogP contribution in [0.3, 0.4) is 0 Å². The summed E-state index contributed by atoms with van der Waals surface area (Å²) in [6.45, 7) is 3.95. The Kier molecular flexibility index (Phi) is 6.71. The molecule has 0 saturated carbocycles. The number of amides is 2. The second-order valence-corrected chi connectivity index (χ2v) is 6.52. The van der Waals surface area contributed by atoms with Crippen LogP contribution in [0.4, 0.5) is 18.0 Å². The van der Waals surface area contributed by atoms with Crippen LogP contribution in [0.5, 0.6) is 5.75 Å². The molecule has 0 aliphatic carbocycles. The van der Waals surface area contributed by atoms with E-state index in [1.54, 1.807) is 13.2 Å². The van der Waals surface area contributed by atoms with Gasteiger partial charge >= 0.3 is 12.2 Å². The number of alkyl halides is 3. The third-order valence-electron chi connectivity index (χ3n) is 4.14. The number of benzene rings is 2. The Balaban J connectivity index is 2.00. The number of methoxy groups -OCH3 is 1. The van der Waals surface area contributed by atoms with Gasteiger partial charge in [0.25, 0.3) is 0 Å². The van der Waals surface area contributed by atoms with Gasteiger partial charge in [-0.15, -0.1) is 0 Å². The van der Waals surface area contributed by atoms with Crippen LogP contribution in [-0.4, -0.2) is 13.1 Å². The Morgan fingerprint density at radius 3 is 2.33 bits per heavy atom. The second-order valence-electron chi connectivity index (χ2n) is 6.52. The summed E-state index contributed by atoms with van der Waals surface area (Å²) in [5, 5.41) is 5.49. The Labute approximate surface area is 156 Å². The summed E-state index contributed by atoms with van der Waals surface area (Å²) < 4.78 is 43.4. The van der Waals surface area contributed by atoms with Crippen molar-refractivity contribution in [2.24, 2.45) is 5.92 Å². The van der Waals surface area contributed by atoms with Crippen molar-refractivity contribution in [3.05, 3.63) is 65.2 Å². The molecule has 2 N–H and O–H groups in total. The van der Waals surface area contributed by atoms with Crippen LogP contribution < -0.4 is 15.4 Å². The molecule has 0 fully saturated rings. The van der Waals surface area contributed by atoms with Crippen molar-refractivity contribution >= 4 is 6.03 Å². The lowest BCUT2D eigenvalue weighted by Gasteiger charge is -2.23. The van der Waals surface area contributed by atoms with Gasteiger partial charge in [0.05, 0.1) is 18.7 Å². The van der Waals surface area contributed by atoms with Gasteiger partial charge in [0.1, 0.15) is 5.75 Å². The van der Waals surface area contributed by atoms with Gasteiger partial charge in [0.15, 0.2) is 0 Å². The molecule has 0 heterocycles. The van der Waals surface area contributed by atoms with E-state index >= 15 is 0 Å². The third kappa shape index (κ3) is 5.91. The van der Waals surface area contributed by atoms with Gasteiger partial charge in [-0.05, 0) is 41.3 Å². The highest BCUT2D eigenvalue weighted by Gasteiger charge is 2.30. The van der Waals surface area contributed by atoms with Crippen LogP contribution in [0.25, 0.3) is 0 Å². The lowest BCUT2D eigenvalue weighted by molar-refractivity contribution is -0.137. The molecule has 0 aliphatic rings. The number of halogens is 3. The van der Waals surface area contributed by atoms with E-state index in [1.165, 1.54) is 6.07 Å². The van der Waals surface area contributed by atoms with Crippen molar-refractivity contribution in [1.29, 1.82) is 0 Å². The minimum absolute atomic E-state index is 0.00316. The summed E-state index contributed by atoms with van der Waals surface area (Å²) in [5.41, 5.74) is 0.561. The van der Waals surface area contributed by atoms with Gasteiger partial charge in [-0.2, -0.15) is 13.2 Å². The SMILES string of the molecule is COc1ccc(C(NC(=O)NCc2cccc(C(F)(F)F)c2)C(C)C)cc1. The molecule has 0 saturated heterocycles. The van der Waals surface area contributed by atoms with Crippen molar-refractivity contribution in [3.63, 3.8) is 0 Å². The molecule has 2 aromatic carbocycles. The molecule has 146 valence electrons. The maximum Gasteiger partial charge on any atom is 0.416 e. The fourth-order valence-corrected chi connectivity index (χ4v) is 2.68. The normalized spacial score (nSPS) is 12.6. The number of carbonyl (C=O) groups is 1. The molecule has 0 aliphatic heterocycles. The molecule has 2 rings (SSSR count). The van der Waals surface area contributed by atoms with E-state index in [9.17, 15) is 18.0 Å². The molecule has 27 heavy (non-hydrogen) atoms. The second kappa shape index (κ2) is 8.79. The first-order valence-electron chi connectivity index (χ1n) is 8.55. The van der Waals surface area contributed by atoms with Gasteiger partial charge in [0, 0.05) is 6.54 Å². The highest BCUT2D eigenvalue weighted by atomic mass is 19.4. The van der Waals surface area contributed by atoms with E-state index in [-0.39, 0.29) is 18.5 Å². The molecular weight excluding hydrogens is 357 g/mol. The number of hydrogen-bond donors (Lipinski definition) is 2. The molecule has 2 amide bonds. The zero-order chi connectivity index (χ0) is 20.0. The maximum absolute atomic E-state index is 12.8. The van der Waals surface area contributed by atoms with Crippen LogP contribution in [0.2, 0.25) is 0 Å². The summed E-state index contributed by atoms with van der Waals surface area (Å²) in [7, 11) is 1.58. The quantitative estimate of drug-likeness (QED) is 0.748. The van der Waals surface area contributed by atoms with Crippen molar-refractivity contribution in [1.82, 2.24) is 10.6 Å². The summed E-state index contributed by atoms with van der Waals surface area (Å²) in [4.78, 5) is 12.2.